The van der Waals surface area contributed by atoms with E-state index in [0.717, 1.165) is 17.7 Å². The first-order valence-corrected chi connectivity index (χ1v) is 7.16. The fourth-order valence-corrected chi connectivity index (χ4v) is 1.96. The van der Waals surface area contributed by atoms with Gasteiger partial charge in [0.05, 0.1) is 20.3 Å². The van der Waals surface area contributed by atoms with Gasteiger partial charge in [-0.1, -0.05) is 6.92 Å². The van der Waals surface area contributed by atoms with Crippen LogP contribution in [0.1, 0.15) is 36.2 Å². The predicted octanol–water partition coefficient (Wildman–Crippen LogP) is 2.39. The van der Waals surface area contributed by atoms with Gasteiger partial charge in [0.2, 0.25) is 0 Å². The summed E-state index contributed by atoms with van der Waals surface area (Å²) in [5, 5.41) is 2.88. The average molecular weight is 295 g/mol. The van der Waals surface area contributed by atoms with Gasteiger partial charge in [0.15, 0.2) is 0 Å². The van der Waals surface area contributed by atoms with Crippen LogP contribution in [0.4, 0.5) is 0 Å². The van der Waals surface area contributed by atoms with Gasteiger partial charge < -0.3 is 19.5 Å². The Hall–Kier alpha value is -1.59. The summed E-state index contributed by atoms with van der Waals surface area (Å²) in [5.74, 6) is 0.603. The van der Waals surface area contributed by atoms with Crippen molar-refractivity contribution in [2.24, 2.45) is 0 Å². The lowest BCUT2D eigenvalue weighted by Crippen LogP contribution is -2.35. The highest BCUT2D eigenvalue weighted by molar-refractivity contribution is 5.94. The molecule has 1 rings (SSSR count). The molecule has 0 saturated heterocycles. The zero-order chi connectivity index (χ0) is 15.7. The number of carbonyl (C=O) groups excluding carboxylic acids is 1. The van der Waals surface area contributed by atoms with E-state index in [-0.39, 0.29) is 11.9 Å². The lowest BCUT2D eigenvalue weighted by Gasteiger charge is -2.14. The molecule has 1 atom stereocenters. The van der Waals surface area contributed by atoms with E-state index < -0.39 is 0 Å². The van der Waals surface area contributed by atoms with E-state index in [1.54, 1.807) is 26.4 Å². The lowest BCUT2D eigenvalue weighted by atomic mass is 10.1. The van der Waals surface area contributed by atoms with Crippen molar-refractivity contribution in [2.75, 3.05) is 27.4 Å². The molecule has 0 heterocycles. The third kappa shape index (κ3) is 5.73. The number of benzene rings is 1. The molecular weight excluding hydrogens is 270 g/mol. The zero-order valence-electron chi connectivity index (χ0n) is 13.3. The number of hydrogen-bond donors (Lipinski definition) is 1. The average Bonchev–Trinajstić information content (AvgIpc) is 2.47. The summed E-state index contributed by atoms with van der Waals surface area (Å²) >= 11 is 0. The summed E-state index contributed by atoms with van der Waals surface area (Å²) in [6.45, 7) is 5.55. The first kappa shape index (κ1) is 17.5. The van der Waals surface area contributed by atoms with Gasteiger partial charge in [-0.05, 0) is 31.5 Å². The summed E-state index contributed by atoms with van der Waals surface area (Å²) in [4.78, 5) is 12.2. The maximum absolute atomic E-state index is 12.2. The zero-order valence-corrected chi connectivity index (χ0v) is 13.3. The quantitative estimate of drug-likeness (QED) is 0.711. The second-order valence-corrected chi connectivity index (χ2v) is 4.91. The minimum Gasteiger partial charge on any atom is -0.496 e. The number of carbonyl (C=O) groups is 1. The highest BCUT2D eigenvalue weighted by atomic mass is 16.5. The van der Waals surface area contributed by atoms with Gasteiger partial charge in [-0.3, -0.25) is 4.79 Å². The molecule has 0 aliphatic heterocycles. The van der Waals surface area contributed by atoms with Crippen LogP contribution in [0.15, 0.2) is 18.2 Å². The molecule has 0 aromatic heterocycles. The highest BCUT2D eigenvalue weighted by Gasteiger charge is 2.12. The van der Waals surface area contributed by atoms with Crippen LogP contribution in [-0.2, 0) is 16.1 Å². The minimum atomic E-state index is -0.126. The maximum Gasteiger partial charge on any atom is 0.251 e. The Bertz CT molecular complexity index is 448. The topological polar surface area (TPSA) is 56.8 Å². The number of amides is 1. The summed E-state index contributed by atoms with van der Waals surface area (Å²) in [6, 6.07) is 5.31. The molecule has 0 aliphatic rings. The van der Waals surface area contributed by atoms with Crippen LogP contribution in [-0.4, -0.2) is 39.4 Å². The lowest BCUT2D eigenvalue weighted by molar-refractivity contribution is 0.0904. The van der Waals surface area contributed by atoms with E-state index in [1.165, 1.54) is 0 Å². The smallest absolute Gasteiger partial charge is 0.251 e. The molecule has 0 aliphatic carbocycles. The van der Waals surface area contributed by atoms with Crippen molar-refractivity contribution in [2.45, 2.75) is 32.9 Å². The van der Waals surface area contributed by atoms with Crippen molar-refractivity contribution < 1.29 is 19.0 Å². The molecule has 0 fully saturated rings. The molecular formula is C16H25NO4. The summed E-state index contributed by atoms with van der Waals surface area (Å²) in [6.07, 6.45) is 0.955. The Morgan fingerprint density at radius 2 is 2.10 bits per heavy atom. The molecule has 1 aromatic rings. The molecule has 1 N–H and O–H groups in total. The third-order valence-electron chi connectivity index (χ3n) is 2.94. The predicted molar refractivity (Wildman–Crippen MR) is 81.7 cm³/mol. The molecule has 0 bridgehead atoms. The van der Waals surface area contributed by atoms with Crippen LogP contribution >= 0.6 is 0 Å². The van der Waals surface area contributed by atoms with E-state index in [4.69, 9.17) is 14.2 Å². The molecule has 0 radical (unpaired) electrons. The summed E-state index contributed by atoms with van der Waals surface area (Å²) in [5.41, 5.74) is 1.46. The van der Waals surface area contributed by atoms with E-state index in [1.807, 2.05) is 13.0 Å². The number of rotatable bonds is 9. The molecule has 5 heteroatoms. The van der Waals surface area contributed by atoms with E-state index >= 15 is 0 Å². The van der Waals surface area contributed by atoms with E-state index in [0.29, 0.717) is 25.4 Å². The molecule has 0 saturated carbocycles. The molecule has 1 unspecified atom stereocenters. The largest absolute Gasteiger partial charge is 0.496 e. The van der Waals surface area contributed by atoms with Crippen LogP contribution in [0.3, 0.4) is 0 Å². The van der Waals surface area contributed by atoms with Crippen LogP contribution in [0.5, 0.6) is 5.75 Å². The van der Waals surface area contributed by atoms with Gasteiger partial charge in [-0.15, -0.1) is 0 Å². The number of methoxy groups -OCH3 is 2. The third-order valence-corrected chi connectivity index (χ3v) is 2.94. The van der Waals surface area contributed by atoms with Crippen molar-refractivity contribution in [1.29, 1.82) is 0 Å². The molecule has 0 spiro atoms. The van der Waals surface area contributed by atoms with Gasteiger partial charge in [0.1, 0.15) is 5.75 Å². The molecule has 118 valence electrons. The second kappa shape index (κ2) is 9.37. The fourth-order valence-electron chi connectivity index (χ4n) is 1.96. The fraction of sp³-hybridized carbons (Fsp3) is 0.562. The number of ether oxygens (including phenoxy) is 3. The van der Waals surface area contributed by atoms with Gasteiger partial charge in [-0.2, -0.15) is 0 Å². The van der Waals surface area contributed by atoms with Crippen LogP contribution < -0.4 is 10.1 Å². The first-order chi connectivity index (χ1) is 10.1. The summed E-state index contributed by atoms with van der Waals surface area (Å²) < 4.78 is 15.8. The van der Waals surface area contributed by atoms with Gasteiger partial charge in [0.25, 0.3) is 5.91 Å². The maximum atomic E-state index is 12.2. The van der Waals surface area contributed by atoms with Crippen LogP contribution in [0.2, 0.25) is 0 Å². The van der Waals surface area contributed by atoms with Crippen molar-refractivity contribution in [1.82, 2.24) is 5.32 Å². The van der Waals surface area contributed by atoms with E-state index in [2.05, 4.69) is 12.2 Å². The van der Waals surface area contributed by atoms with Gasteiger partial charge in [-0.25, -0.2) is 0 Å². The number of hydrogen-bond acceptors (Lipinski definition) is 4. The van der Waals surface area contributed by atoms with Crippen molar-refractivity contribution in [3.05, 3.63) is 29.3 Å². The highest BCUT2D eigenvalue weighted by Crippen LogP contribution is 2.21. The SMILES string of the molecule is CCCOCc1cc(C(=O)NC(C)COC)ccc1OC. The summed E-state index contributed by atoms with van der Waals surface area (Å²) in [7, 11) is 3.22. The van der Waals surface area contributed by atoms with Crippen molar-refractivity contribution in [3.8, 4) is 5.75 Å². The standard InChI is InChI=1S/C16H25NO4/c1-5-8-21-11-14-9-13(6-7-15(14)20-4)16(18)17-12(2)10-19-3/h6-7,9,12H,5,8,10-11H2,1-4H3,(H,17,18). The van der Waals surface area contributed by atoms with Crippen molar-refractivity contribution in [3.63, 3.8) is 0 Å². The second-order valence-electron chi connectivity index (χ2n) is 4.91. The molecule has 21 heavy (non-hydrogen) atoms. The normalized spacial score (nSPS) is 12.0. The van der Waals surface area contributed by atoms with Crippen LogP contribution in [0.25, 0.3) is 0 Å². The van der Waals surface area contributed by atoms with Gasteiger partial charge >= 0.3 is 0 Å². The van der Waals surface area contributed by atoms with Gasteiger partial charge in [0, 0.05) is 30.9 Å². The van der Waals surface area contributed by atoms with Crippen molar-refractivity contribution >= 4 is 5.91 Å². The first-order valence-electron chi connectivity index (χ1n) is 7.16. The Labute approximate surface area is 126 Å². The number of nitrogens with one attached hydrogen (secondary N) is 1. The van der Waals surface area contributed by atoms with E-state index in [9.17, 15) is 4.79 Å². The Kier molecular flexibility index (Phi) is 7.79. The Morgan fingerprint density at radius 3 is 2.71 bits per heavy atom. The van der Waals surface area contributed by atoms with Crippen LogP contribution in [0, 0.1) is 0 Å². The molecule has 1 amide bonds. The Balaban J connectivity index is 2.78. The molecule has 1 aromatic carbocycles. The Morgan fingerprint density at radius 1 is 1.33 bits per heavy atom. The monoisotopic (exact) mass is 295 g/mol. The molecule has 5 nitrogen and oxygen atoms in total. The minimum absolute atomic E-state index is 0.0376.